The fourth-order valence-corrected chi connectivity index (χ4v) is 6.31. The summed E-state index contributed by atoms with van der Waals surface area (Å²) in [6, 6.07) is 10.1. The maximum atomic E-state index is 14.5. The van der Waals surface area contributed by atoms with Gasteiger partial charge in [0.25, 0.3) is 0 Å². The summed E-state index contributed by atoms with van der Waals surface area (Å²) in [4.78, 5) is 14.1. The van der Waals surface area contributed by atoms with E-state index in [1.165, 1.54) is 25.7 Å². The largest absolute Gasteiger partial charge is 0.468 e. The molecule has 1 atom stereocenters. The number of ether oxygens (including phenoxy) is 1. The van der Waals surface area contributed by atoms with E-state index in [-0.39, 0.29) is 43.4 Å². The maximum Gasteiger partial charge on any atom is 0.326 e. The Bertz CT molecular complexity index is 2060. The van der Waals surface area contributed by atoms with Crippen LogP contribution in [0.15, 0.2) is 48.6 Å². The van der Waals surface area contributed by atoms with Crippen LogP contribution in [0.5, 0.6) is 0 Å². The molecule has 0 amide bonds. The summed E-state index contributed by atoms with van der Waals surface area (Å²) in [6.07, 6.45) is 9.24. The van der Waals surface area contributed by atoms with Gasteiger partial charge in [0.15, 0.2) is 14.6 Å². The number of nitrogens with one attached hydrogen (secondary N) is 1. The molecule has 1 unspecified atom stereocenters. The van der Waals surface area contributed by atoms with Crippen molar-refractivity contribution in [2.75, 3.05) is 59.3 Å². The first-order valence-corrected chi connectivity index (χ1v) is 19.7. The Labute approximate surface area is 331 Å². The minimum atomic E-state index is -3.64. The Hall–Kier alpha value is -4.43. The molecule has 0 radical (unpaired) electrons. The van der Waals surface area contributed by atoms with Crippen molar-refractivity contribution in [2.24, 2.45) is 0 Å². The second kappa shape index (κ2) is 24.2. The average Bonchev–Trinajstić information content (AvgIpc) is 3.17. The molecule has 2 aliphatic rings. The Morgan fingerprint density at radius 1 is 0.891 bits per heavy atom. The molecule has 0 aromatic heterocycles. The fourth-order valence-electron chi connectivity index (χ4n) is 5.47. The van der Waals surface area contributed by atoms with Crippen molar-refractivity contribution in [3.8, 4) is 47.4 Å². The zero-order valence-corrected chi connectivity index (χ0v) is 33.2. The highest BCUT2D eigenvalue weighted by Gasteiger charge is 2.44. The van der Waals surface area contributed by atoms with Crippen molar-refractivity contribution >= 4 is 39.4 Å². The first-order valence-electron chi connectivity index (χ1n) is 17.8. The van der Waals surface area contributed by atoms with Crippen LogP contribution < -0.4 is 5.32 Å². The predicted octanol–water partition coefficient (Wildman–Crippen LogP) is 5.16. The molecule has 12 heteroatoms. The summed E-state index contributed by atoms with van der Waals surface area (Å²) in [6.45, 7) is 5.03. The summed E-state index contributed by atoms with van der Waals surface area (Å²) in [7, 11) is -2.46. The Kier molecular flexibility index (Phi) is 20.5. The van der Waals surface area contributed by atoms with Crippen LogP contribution in [-0.2, 0) is 19.4 Å². The van der Waals surface area contributed by atoms with Gasteiger partial charge in [-0.3, -0.25) is 9.69 Å². The number of halogens is 3. The summed E-state index contributed by atoms with van der Waals surface area (Å²) in [5.41, 5.74) is 4.53. The molecule has 294 valence electrons. The zero-order valence-electron chi connectivity index (χ0n) is 31.6. The molecule has 55 heavy (non-hydrogen) atoms. The van der Waals surface area contributed by atoms with E-state index in [0.29, 0.717) is 57.3 Å². The normalized spacial score (nSPS) is 14.7. The molecule has 8 nitrogen and oxygen atoms in total. The Balaban J connectivity index is 0.000000409. The average molecular weight is 795 g/mol. The molecule has 2 aromatic carbocycles. The number of rotatable bonds is 11. The van der Waals surface area contributed by atoms with Crippen LogP contribution in [0.1, 0.15) is 74.1 Å². The second-order valence-electron chi connectivity index (χ2n) is 12.9. The third kappa shape index (κ3) is 15.0. The topological polar surface area (TPSA) is 116 Å². The van der Waals surface area contributed by atoms with Crippen LogP contribution in [-0.4, -0.2) is 93.6 Å². The van der Waals surface area contributed by atoms with E-state index < -0.39 is 26.4 Å². The molecule has 0 aliphatic carbocycles. The molecule has 0 fully saturated rings. The Morgan fingerprint density at radius 2 is 1.44 bits per heavy atom. The van der Waals surface area contributed by atoms with Crippen molar-refractivity contribution < 1.29 is 36.9 Å². The quantitative estimate of drug-likeness (QED) is 0.163. The van der Waals surface area contributed by atoms with Gasteiger partial charge in [-0.1, -0.05) is 36.1 Å². The fraction of sp³-hybridized carbons (Fsp3) is 0.419. The van der Waals surface area contributed by atoms with E-state index >= 15 is 0 Å². The lowest BCUT2D eigenvalue weighted by molar-refractivity contribution is -0.143. The highest BCUT2D eigenvalue weighted by atomic mass is 35.5. The summed E-state index contributed by atoms with van der Waals surface area (Å²) < 4.78 is 55.9. The van der Waals surface area contributed by atoms with E-state index in [9.17, 15) is 22.0 Å². The molecule has 0 saturated heterocycles. The van der Waals surface area contributed by atoms with Crippen LogP contribution in [0.3, 0.4) is 0 Å². The van der Waals surface area contributed by atoms with Gasteiger partial charge in [-0.05, 0) is 128 Å². The third-order valence-electron chi connectivity index (χ3n) is 8.99. The molecule has 3 N–H and O–H groups in total. The number of hydrogen-bond acceptors (Lipinski definition) is 8. The van der Waals surface area contributed by atoms with E-state index in [1.54, 1.807) is 18.2 Å². The number of benzene rings is 2. The molecule has 0 bridgehead atoms. The summed E-state index contributed by atoms with van der Waals surface area (Å²) >= 11 is 0. The van der Waals surface area contributed by atoms with Crippen molar-refractivity contribution in [1.82, 2.24) is 10.2 Å². The molecule has 2 aliphatic heterocycles. The highest BCUT2D eigenvalue weighted by Crippen LogP contribution is 2.27. The molecule has 0 saturated carbocycles. The Morgan fingerprint density at radius 3 is 1.85 bits per heavy atom. The smallest absolute Gasteiger partial charge is 0.326 e. The minimum Gasteiger partial charge on any atom is -0.468 e. The van der Waals surface area contributed by atoms with E-state index in [1.807, 2.05) is 18.2 Å². The second-order valence-corrected chi connectivity index (χ2v) is 15.3. The van der Waals surface area contributed by atoms with Crippen molar-refractivity contribution in [2.45, 2.75) is 56.6 Å². The van der Waals surface area contributed by atoms with Gasteiger partial charge < -0.3 is 20.3 Å². The van der Waals surface area contributed by atoms with Crippen LogP contribution in [0.2, 0.25) is 0 Å². The number of carbonyl (C=O) groups is 1. The minimum absolute atomic E-state index is 0. The van der Waals surface area contributed by atoms with Crippen LogP contribution >= 0.6 is 12.4 Å². The van der Waals surface area contributed by atoms with Gasteiger partial charge in [-0.15, -0.1) is 12.4 Å². The number of esters is 1. The third-order valence-corrected chi connectivity index (χ3v) is 11.0. The molecule has 2 aromatic rings. The summed E-state index contributed by atoms with van der Waals surface area (Å²) in [5.74, 6) is 20.2. The van der Waals surface area contributed by atoms with Gasteiger partial charge in [-0.2, -0.15) is 0 Å². The zero-order chi connectivity index (χ0) is 39.4. The van der Waals surface area contributed by atoms with Crippen LogP contribution in [0, 0.1) is 59.0 Å². The van der Waals surface area contributed by atoms with Gasteiger partial charge in [0.05, 0.1) is 18.2 Å². The maximum absolute atomic E-state index is 14.5. The number of nitrogens with zero attached hydrogens (tertiary/aromatic N) is 1. The number of methoxy groups -OCH3 is 1. The predicted molar refractivity (Wildman–Crippen MR) is 216 cm³/mol. The number of carbonyl (C=O) groups excluding carboxylic acids is 1. The van der Waals surface area contributed by atoms with Crippen molar-refractivity contribution in [3.63, 3.8) is 0 Å². The molecule has 4 rings (SSSR count). The lowest BCUT2D eigenvalue weighted by atomic mass is 9.97. The van der Waals surface area contributed by atoms with Crippen LogP contribution in [0.25, 0.3) is 11.1 Å². The van der Waals surface area contributed by atoms with Crippen molar-refractivity contribution in [1.29, 1.82) is 0 Å². The van der Waals surface area contributed by atoms with Gasteiger partial charge in [-0.25, -0.2) is 17.2 Å². The SMILES string of the molecule is COC(=O)C(C)(CCN1CC=C(c2ccc(C#CC#CCCCO)c(F)c2)CC1)S(C)(=O)=O.Cl.OCCCC#CC#Cc1ccc(C2=CCNCC2)cc1F. The lowest BCUT2D eigenvalue weighted by Crippen LogP contribution is -2.46. The van der Waals surface area contributed by atoms with E-state index in [2.05, 4.69) is 63.7 Å². The summed E-state index contributed by atoms with van der Waals surface area (Å²) in [5, 5.41) is 20.5. The van der Waals surface area contributed by atoms with Gasteiger partial charge >= 0.3 is 5.97 Å². The first-order chi connectivity index (χ1) is 25.9. The first kappa shape index (κ1) is 46.7. The number of unbranched alkanes of at least 4 members (excludes halogenated alkanes) is 2. The molecule has 2 heterocycles. The van der Waals surface area contributed by atoms with Gasteiger partial charge in [0.1, 0.15) is 11.6 Å². The molecule has 0 spiro atoms. The number of sulfone groups is 1. The lowest BCUT2D eigenvalue weighted by Gasteiger charge is -2.31. The number of aliphatic hydroxyl groups is 2. The van der Waals surface area contributed by atoms with Crippen molar-refractivity contribution in [3.05, 3.63) is 82.4 Å². The molecular formula is C43H49ClF2N2O6S. The monoisotopic (exact) mass is 794 g/mol. The highest BCUT2D eigenvalue weighted by molar-refractivity contribution is 7.92. The van der Waals surface area contributed by atoms with Gasteiger partial charge in [0, 0.05) is 58.5 Å². The number of hydrogen-bond donors (Lipinski definition) is 3. The van der Waals surface area contributed by atoms with Gasteiger partial charge in [0.2, 0.25) is 0 Å². The molecular weight excluding hydrogens is 746 g/mol. The standard InChI is InChI=1S/C25H30FNO5S.C18H18FNO.ClH/c1-25(24(29)32-2,33(3,30)31)14-17-27-15-12-20(13-16-27)22-11-10-21(23(26)19-22)9-7-5-4-6-8-18-28;19-18-14-17(15-9-11-20-12-10-15)8-7-16(18)6-4-2-1-3-5-13-21;/h10-12,19,28H,6,8,13-18H2,1-3H3;7-9,14,20-21H,3,5,10-13H2;1H. The van der Waals surface area contributed by atoms with E-state index in [4.69, 9.17) is 14.9 Å². The van der Waals surface area contributed by atoms with E-state index in [0.717, 1.165) is 42.5 Å². The number of aliphatic hydroxyl groups excluding tert-OH is 2. The van der Waals surface area contributed by atoms with Crippen LogP contribution in [0.4, 0.5) is 8.78 Å².